The first kappa shape index (κ1) is 23.5. The average Bonchev–Trinajstić information content (AvgIpc) is 2.84. The lowest BCUT2D eigenvalue weighted by atomic mass is 10.1. The second kappa shape index (κ2) is 9.79. The summed E-state index contributed by atoms with van der Waals surface area (Å²) >= 11 is 6.04. The zero-order valence-electron chi connectivity index (χ0n) is 18.9. The van der Waals surface area contributed by atoms with Gasteiger partial charge in [-0.1, -0.05) is 17.7 Å². The molecule has 186 valence electrons. The molecule has 0 aromatic heterocycles. The van der Waals surface area contributed by atoms with Gasteiger partial charge >= 0.3 is 6.18 Å². The number of alkyl halides is 3. The van der Waals surface area contributed by atoms with Crippen molar-refractivity contribution in [2.24, 2.45) is 0 Å². The molecule has 2 aromatic carbocycles. The van der Waals surface area contributed by atoms with Gasteiger partial charge in [-0.15, -0.1) is 0 Å². The number of nitrogens with one attached hydrogen (secondary N) is 4. The Morgan fingerprint density at radius 2 is 1.86 bits per heavy atom. The molecule has 0 saturated carbocycles. The molecule has 35 heavy (non-hydrogen) atoms. The quantitative estimate of drug-likeness (QED) is 0.491. The van der Waals surface area contributed by atoms with Gasteiger partial charge in [-0.05, 0) is 42.0 Å². The van der Waals surface area contributed by atoms with Crippen LogP contribution in [0.2, 0.25) is 5.02 Å². The van der Waals surface area contributed by atoms with Crippen molar-refractivity contribution in [2.45, 2.75) is 12.7 Å². The van der Waals surface area contributed by atoms with Crippen LogP contribution < -0.4 is 26.4 Å². The Balaban J connectivity index is 1.36. The molecule has 3 aliphatic rings. The number of benzene rings is 2. The van der Waals surface area contributed by atoms with Crippen LogP contribution in [0.5, 0.6) is 0 Å². The van der Waals surface area contributed by atoms with Gasteiger partial charge < -0.3 is 25.2 Å². The smallest absolute Gasteiger partial charge is 0.378 e. The minimum Gasteiger partial charge on any atom is -0.378 e. The average molecular weight is 507 g/mol. The predicted octanol–water partition coefficient (Wildman–Crippen LogP) is 3.83. The number of allylic oxidation sites excluding steroid dienone is 1. The maximum absolute atomic E-state index is 13.6. The first-order chi connectivity index (χ1) is 16.9. The van der Waals surface area contributed by atoms with Gasteiger partial charge in [-0.2, -0.15) is 13.2 Å². The largest absolute Gasteiger partial charge is 0.416 e. The Kier molecular flexibility index (Phi) is 6.57. The van der Waals surface area contributed by atoms with Crippen LogP contribution in [-0.2, 0) is 17.5 Å². The molecule has 7 nitrogen and oxygen atoms in total. The van der Waals surface area contributed by atoms with Crippen LogP contribution in [-0.4, -0.2) is 44.3 Å². The van der Waals surface area contributed by atoms with Crippen molar-refractivity contribution in [1.29, 1.82) is 0 Å². The monoisotopic (exact) mass is 506 g/mol. The van der Waals surface area contributed by atoms with Gasteiger partial charge in [-0.3, -0.25) is 10.9 Å². The summed E-state index contributed by atoms with van der Waals surface area (Å²) in [4.78, 5) is 4.18. The van der Waals surface area contributed by atoms with Crippen molar-refractivity contribution in [3.63, 3.8) is 0 Å². The molecule has 3 heterocycles. The number of rotatable bonds is 5. The third-order valence-electron chi connectivity index (χ3n) is 6.12. The van der Waals surface area contributed by atoms with Gasteiger partial charge in [0.15, 0.2) is 0 Å². The number of anilines is 2. The van der Waals surface area contributed by atoms with Gasteiger partial charge in [0.05, 0.1) is 24.5 Å². The van der Waals surface area contributed by atoms with Gasteiger partial charge in [0.2, 0.25) is 0 Å². The molecule has 1 saturated heterocycles. The summed E-state index contributed by atoms with van der Waals surface area (Å²) in [5, 5.41) is 6.89. The van der Waals surface area contributed by atoms with Gasteiger partial charge in [0.25, 0.3) is 0 Å². The lowest BCUT2D eigenvalue weighted by molar-refractivity contribution is -0.138. The topological polar surface area (TPSA) is 63.8 Å². The van der Waals surface area contributed by atoms with Crippen LogP contribution in [0, 0.1) is 0 Å². The van der Waals surface area contributed by atoms with E-state index in [-0.39, 0.29) is 17.1 Å². The summed E-state index contributed by atoms with van der Waals surface area (Å²) in [6, 6.07) is 11.8. The number of morpholine rings is 1. The van der Waals surface area contributed by atoms with E-state index in [9.17, 15) is 13.2 Å². The molecule has 2 aromatic rings. The molecule has 5 rings (SSSR count). The first-order valence-corrected chi connectivity index (χ1v) is 11.8. The maximum atomic E-state index is 13.6. The molecule has 0 unspecified atom stereocenters. The summed E-state index contributed by atoms with van der Waals surface area (Å²) in [6.45, 7) is 4.30. The van der Waals surface area contributed by atoms with Crippen LogP contribution in [0.4, 0.5) is 24.5 Å². The molecule has 0 amide bonds. The number of nitrogens with zero attached hydrogens (tertiary/aromatic N) is 2. The third-order valence-corrected chi connectivity index (χ3v) is 6.35. The van der Waals surface area contributed by atoms with Crippen molar-refractivity contribution in [1.82, 2.24) is 21.1 Å². The van der Waals surface area contributed by atoms with Crippen molar-refractivity contribution in [2.75, 3.05) is 49.6 Å². The van der Waals surface area contributed by atoms with Crippen LogP contribution in [0.15, 0.2) is 65.9 Å². The molecule has 11 heteroatoms. The van der Waals surface area contributed by atoms with E-state index >= 15 is 0 Å². The van der Waals surface area contributed by atoms with E-state index in [1.165, 1.54) is 12.1 Å². The predicted molar refractivity (Wildman–Crippen MR) is 129 cm³/mol. The van der Waals surface area contributed by atoms with Crippen LogP contribution in [0.3, 0.4) is 0 Å². The summed E-state index contributed by atoms with van der Waals surface area (Å²) in [5.41, 5.74) is 8.44. The highest BCUT2D eigenvalue weighted by atomic mass is 35.5. The molecule has 0 bridgehead atoms. The molecule has 1 fully saturated rings. The van der Waals surface area contributed by atoms with E-state index in [0.717, 1.165) is 36.2 Å². The summed E-state index contributed by atoms with van der Waals surface area (Å²) < 4.78 is 46.2. The molecular formula is C24H26ClF3N6O. The second-order valence-electron chi connectivity index (χ2n) is 8.49. The SMILES string of the molecule is FC(F)(F)c1ccc(Cl)cc1CN1CCNC2=C1C=C(Nc1cccc(N3CCOCC3)c1)NN2. The van der Waals surface area contributed by atoms with Crippen LogP contribution in [0.1, 0.15) is 11.1 Å². The molecule has 0 aliphatic carbocycles. The minimum absolute atomic E-state index is 0.0773. The fraction of sp³-hybridized carbons (Fsp3) is 0.333. The van der Waals surface area contributed by atoms with Gasteiger partial charge in [0, 0.05) is 55.2 Å². The molecule has 0 atom stereocenters. The van der Waals surface area contributed by atoms with Crippen LogP contribution in [0.25, 0.3) is 0 Å². The number of hydrogen-bond donors (Lipinski definition) is 4. The Hall–Kier alpha value is -3.24. The van der Waals surface area contributed by atoms with E-state index < -0.39 is 11.7 Å². The van der Waals surface area contributed by atoms with E-state index in [1.807, 2.05) is 23.1 Å². The molecular weight excluding hydrogens is 481 g/mol. The van der Waals surface area contributed by atoms with Crippen molar-refractivity contribution < 1.29 is 17.9 Å². The summed E-state index contributed by atoms with van der Waals surface area (Å²) in [7, 11) is 0. The van der Waals surface area contributed by atoms with E-state index in [2.05, 4.69) is 38.5 Å². The third kappa shape index (κ3) is 5.38. The normalized spacial score (nSPS) is 18.2. The molecule has 4 N–H and O–H groups in total. The fourth-order valence-electron chi connectivity index (χ4n) is 4.42. The Morgan fingerprint density at radius 1 is 1.03 bits per heavy atom. The minimum atomic E-state index is -4.45. The van der Waals surface area contributed by atoms with Gasteiger partial charge in [-0.25, -0.2) is 0 Å². The second-order valence-corrected chi connectivity index (χ2v) is 8.93. The standard InChI is InChI=1S/C24H26ClF3N6O/c25-17-4-5-20(24(26,27)28)16(12-17)15-34-7-6-29-23-21(34)14-22(31-32-23)30-18-2-1-3-19(13-18)33-8-10-35-11-9-33/h1-5,12-14,29-32H,6-11,15H2. The highest BCUT2D eigenvalue weighted by Crippen LogP contribution is 2.35. The van der Waals surface area contributed by atoms with E-state index in [4.69, 9.17) is 16.3 Å². The van der Waals surface area contributed by atoms with Crippen LogP contribution >= 0.6 is 11.6 Å². The molecule has 3 aliphatic heterocycles. The highest BCUT2D eigenvalue weighted by molar-refractivity contribution is 6.30. The molecule has 0 spiro atoms. The van der Waals surface area contributed by atoms with E-state index in [0.29, 0.717) is 37.9 Å². The maximum Gasteiger partial charge on any atom is 0.416 e. The Bertz CT molecular complexity index is 1150. The highest BCUT2D eigenvalue weighted by Gasteiger charge is 2.34. The first-order valence-electron chi connectivity index (χ1n) is 11.4. The summed E-state index contributed by atoms with van der Waals surface area (Å²) in [6.07, 6.45) is -2.57. The van der Waals surface area contributed by atoms with Crippen molar-refractivity contribution in [3.8, 4) is 0 Å². The fourth-order valence-corrected chi connectivity index (χ4v) is 4.62. The lowest BCUT2D eigenvalue weighted by Crippen LogP contribution is -2.49. The molecule has 0 radical (unpaired) electrons. The summed E-state index contributed by atoms with van der Waals surface area (Å²) in [5.74, 6) is 1.39. The van der Waals surface area contributed by atoms with Crippen molar-refractivity contribution in [3.05, 3.63) is 82.0 Å². The number of halogens is 4. The zero-order chi connectivity index (χ0) is 24.4. The lowest BCUT2D eigenvalue weighted by Gasteiger charge is -2.37. The number of ether oxygens (including phenoxy) is 1. The number of hydrazine groups is 1. The zero-order valence-corrected chi connectivity index (χ0v) is 19.6. The van der Waals surface area contributed by atoms with E-state index in [1.54, 1.807) is 0 Å². The van der Waals surface area contributed by atoms with Crippen molar-refractivity contribution >= 4 is 23.0 Å². The van der Waals surface area contributed by atoms with Gasteiger partial charge in [0.1, 0.15) is 11.6 Å². The Morgan fingerprint density at radius 3 is 2.66 bits per heavy atom. The Labute approximate surface area is 206 Å². The number of hydrogen-bond acceptors (Lipinski definition) is 7.